The van der Waals surface area contributed by atoms with Gasteiger partial charge in [-0.1, -0.05) is 65.9 Å². The molecule has 0 aromatic carbocycles. The fourth-order valence-electron chi connectivity index (χ4n) is 7.66. The van der Waals surface area contributed by atoms with Crippen LogP contribution in [0.25, 0.3) is 0 Å². The minimum atomic E-state index is -1.34. The van der Waals surface area contributed by atoms with Crippen molar-refractivity contribution in [1.82, 2.24) is 0 Å². The van der Waals surface area contributed by atoms with Crippen LogP contribution in [-0.2, 0) is 33.2 Å². The Hall–Kier alpha value is -1.28. The van der Waals surface area contributed by atoms with Crippen LogP contribution in [0.1, 0.15) is 121 Å². The highest BCUT2D eigenvalue weighted by atomic mass is 28.3. The summed E-state index contributed by atoms with van der Waals surface area (Å²) in [5.74, 6) is 3.86. The Kier molecular flexibility index (Phi) is 13.7. The van der Waals surface area contributed by atoms with Gasteiger partial charge in [-0.3, -0.25) is 4.79 Å². The first-order valence-electron chi connectivity index (χ1n) is 19.5. The monoisotopic (exact) mass is 714 g/mol. The molecule has 6 rings (SSSR count). The third kappa shape index (κ3) is 9.79. The molecule has 7 nitrogen and oxygen atoms in total. The highest BCUT2D eigenvalue weighted by Crippen LogP contribution is 2.47. The summed E-state index contributed by atoms with van der Waals surface area (Å²) >= 11 is 0. The van der Waals surface area contributed by atoms with E-state index in [1.165, 1.54) is 93.2 Å². The maximum Gasteiger partial charge on any atom is 0.258 e. The van der Waals surface area contributed by atoms with Crippen molar-refractivity contribution < 1.29 is 33.2 Å². The zero-order chi connectivity index (χ0) is 36.0. The SMILES string of the molecule is CC1(C)O[C@@H]2CO[C@]3(COC(C)(C)O3)C(=O)[C@@H]2O1.CC[Si](C#CC1=CCCCC1)(CC)CC.CC[Si](C#C[C@]12CCCC[C@H]1O2)(CC)CC. The number of ketones is 1. The quantitative estimate of drug-likeness (QED) is 0.155. The topological polar surface area (TPSA) is 75.8 Å². The molecule has 0 bridgehead atoms. The number of ether oxygens (including phenoxy) is 6. The number of Topliss-reactive ketones (excluding diaryl/α,β-unsaturated/α-hetero) is 1. The van der Waals surface area contributed by atoms with Gasteiger partial charge in [0.1, 0.15) is 28.9 Å². The van der Waals surface area contributed by atoms with Crippen LogP contribution in [0.3, 0.4) is 0 Å². The fraction of sp³-hybridized carbons (Fsp3) is 0.825. The number of hydrogen-bond acceptors (Lipinski definition) is 7. The number of carbonyl (C=O) groups is 1. The molecule has 1 saturated carbocycles. The lowest BCUT2D eigenvalue weighted by Gasteiger charge is -2.35. The number of epoxide rings is 1. The van der Waals surface area contributed by atoms with Crippen molar-refractivity contribution in [3.05, 3.63) is 11.6 Å². The number of allylic oxidation sites excluding steroid dienone is 2. The van der Waals surface area contributed by atoms with E-state index in [0.29, 0.717) is 6.10 Å². The minimum Gasteiger partial charge on any atom is -0.352 e. The number of fused-ring (bicyclic) bond motifs is 2. The summed E-state index contributed by atoms with van der Waals surface area (Å²) in [7, 11) is -2.47. The summed E-state index contributed by atoms with van der Waals surface area (Å²) < 4.78 is 33.7. The third-order valence-electron chi connectivity index (χ3n) is 11.8. The maximum absolute atomic E-state index is 12.5. The second-order valence-corrected chi connectivity index (χ2v) is 25.6. The van der Waals surface area contributed by atoms with Crippen LogP contribution in [-0.4, -0.2) is 76.4 Å². The zero-order valence-electron chi connectivity index (χ0n) is 32.5. The third-order valence-corrected chi connectivity index (χ3v) is 21.2. The van der Waals surface area contributed by atoms with Crippen molar-refractivity contribution in [3.8, 4) is 22.9 Å². The molecule has 4 saturated heterocycles. The Morgan fingerprint density at radius 1 is 0.776 bits per heavy atom. The minimum absolute atomic E-state index is 0.0238. The molecule has 0 aromatic rings. The van der Waals surface area contributed by atoms with Crippen LogP contribution in [0, 0.1) is 22.9 Å². The van der Waals surface area contributed by atoms with E-state index in [0.717, 1.165) is 0 Å². The van der Waals surface area contributed by atoms with Crippen molar-refractivity contribution in [2.45, 2.75) is 198 Å². The van der Waals surface area contributed by atoms with Gasteiger partial charge in [-0.25, -0.2) is 0 Å². The van der Waals surface area contributed by atoms with Crippen LogP contribution in [0.15, 0.2) is 11.6 Å². The van der Waals surface area contributed by atoms with Gasteiger partial charge in [-0.05, 0) is 114 Å². The van der Waals surface area contributed by atoms with Crippen LogP contribution in [0.5, 0.6) is 0 Å². The summed E-state index contributed by atoms with van der Waals surface area (Å²) in [5, 5.41) is 0. The van der Waals surface area contributed by atoms with E-state index in [4.69, 9.17) is 28.4 Å². The van der Waals surface area contributed by atoms with Crippen molar-refractivity contribution >= 4 is 21.9 Å². The predicted molar refractivity (Wildman–Crippen MR) is 201 cm³/mol. The van der Waals surface area contributed by atoms with Crippen molar-refractivity contribution in [1.29, 1.82) is 0 Å². The molecule has 0 amide bonds. The first kappa shape index (κ1) is 40.5. The molecule has 6 aliphatic rings. The summed E-state index contributed by atoms with van der Waals surface area (Å²) in [5.41, 5.74) is 8.82. The fourth-order valence-corrected chi connectivity index (χ4v) is 12.6. The van der Waals surface area contributed by atoms with Gasteiger partial charge in [-0.15, -0.1) is 11.1 Å². The lowest BCUT2D eigenvalue weighted by atomic mass is 9.90. The van der Waals surface area contributed by atoms with E-state index in [-0.39, 0.29) is 30.7 Å². The van der Waals surface area contributed by atoms with Crippen LogP contribution < -0.4 is 0 Å². The molecule has 9 heteroatoms. The maximum atomic E-state index is 12.5. The summed E-state index contributed by atoms with van der Waals surface area (Å²) in [6, 6.07) is 7.86. The van der Waals surface area contributed by atoms with Crippen molar-refractivity contribution in [3.63, 3.8) is 0 Å². The van der Waals surface area contributed by atoms with E-state index in [1.807, 2.05) is 0 Å². The molecule has 0 N–H and O–H groups in total. The van der Waals surface area contributed by atoms with E-state index >= 15 is 0 Å². The molecular weight excluding hydrogens is 649 g/mol. The van der Waals surface area contributed by atoms with Gasteiger partial charge < -0.3 is 28.4 Å². The molecule has 0 aromatic heterocycles. The zero-order valence-corrected chi connectivity index (χ0v) is 34.5. The Labute approximate surface area is 300 Å². The molecule has 4 heterocycles. The lowest BCUT2D eigenvalue weighted by molar-refractivity contribution is -0.263. The first-order valence-corrected chi connectivity index (χ1v) is 24.8. The lowest BCUT2D eigenvalue weighted by Crippen LogP contribution is -2.58. The second-order valence-electron chi connectivity index (χ2n) is 15.7. The molecule has 2 aliphatic carbocycles. The second kappa shape index (κ2) is 16.6. The average Bonchev–Trinajstić information content (AvgIpc) is 3.63. The standard InChI is InChI=1S/C14H24OSi.C14H24Si.C12H18O6/c1-4-16(5-2,6-3)12-11-14-10-8-7-9-13(14)15-14;1-4-15(5-2,6-3)13-12-14-10-8-7-9-11-14;1-10(2)15-6-12(18-10)9(13)8-7(5-14-12)16-11(3,4)17-8/h13H,4-10H2,1-3H3;10H,4-9,11H2,1-3H3;7-8H,5-6H2,1-4H3/t13-,14-;;7-,8-,12+/m1.1/s1. The molecule has 0 unspecified atom stereocenters. The molecule has 0 radical (unpaired) electrons. The number of hydrogen-bond donors (Lipinski definition) is 0. The highest BCUT2D eigenvalue weighted by Gasteiger charge is 2.62. The first-order chi connectivity index (χ1) is 23.2. The highest BCUT2D eigenvalue weighted by molar-refractivity contribution is 6.87. The van der Waals surface area contributed by atoms with Crippen LogP contribution in [0.4, 0.5) is 0 Å². The summed E-state index contributed by atoms with van der Waals surface area (Å²) in [6.45, 7) is 21.3. The summed E-state index contributed by atoms with van der Waals surface area (Å²) in [4.78, 5) is 12.5. The Balaban J connectivity index is 0.000000167. The smallest absolute Gasteiger partial charge is 0.258 e. The number of carbonyl (C=O) groups excluding carboxylic acids is 1. The van der Waals surface area contributed by atoms with E-state index in [1.54, 1.807) is 27.7 Å². The molecule has 5 atom stereocenters. The van der Waals surface area contributed by atoms with E-state index in [9.17, 15) is 4.79 Å². The van der Waals surface area contributed by atoms with Gasteiger partial charge in [-0.2, -0.15) is 0 Å². The van der Waals surface area contributed by atoms with Crippen LogP contribution in [0.2, 0.25) is 36.3 Å². The molecule has 49 heavy (non-hydrogen) atoms. The Morgan fingerprint density at radius 2 is 1.43 bits per heavy atom. The van der Waals surface area contributed by atoms with Gasteiger partial charge in [0.2, 0.25) is 5.78 Å². The molecule has 1 spiro atoms. The molecule has 276 valence electrons. The predicted octanol–water partition coefficient (Wildman–Crippen LogP) is 8.87. The normalized spacial score (nSPS) is 32.4. The van der Waals surface area contributed by atoms with Crippen molar-refractivity contribution in [2.75, 3.05) is 13.2 Å². The van der Waals surface area contributed by atoms with Gasteiger partial charge >= 0.3 is 0 Å². The number of rotatable bonds is 6. The molecule has 4 aliphatic heterocycles. The Morgan fingerprint density at radius 3 is 1.98 bits per heavy atom. The molecular formula is C40H66O7Si2. The average molecular weight is 715 g/mol. The van der Waals surface area contributed by atoms with E-state index in [2.05, 4.69) is 70.5 Å². The van der Waals surface area contributed by atoms with Crippen molar-refractivity contribution in [2.24, 2.45) is 0 Å². The van der Waals surface area contributed by atoms with Gasteiger partial charge in [0.25, 0.3) is 5.79 Å². The van der Waals surface area contributed by atoms with Gasteiger partial charge in [0, 0.05) is 0 Å². The van der Waals surface area contributed by atoms with E-state index < -0.39 is 39.6 Å². The van der Waals surface area contributed by atoms with Crippen LogP contribution >= 0.6 is 0 Å². The van der Waals surface area contributed by atoms with Gasteiger partial charge in [0.05, 0.1) is 12.7 Å². The largest absolute Gasteiger partial charge is 0.352 e. The molecule has 5 fully saturated rings. The Bertz CT molecular complexity index is 1280. The van der Waals surface area contributed by atoms with Gasteiger partial charge in [0.15, 0.2) is 23.3 Å². The summed E-state index contributed by atoms with van der Waals surface area (Å²) in [6.07, 6.45) is 12.1.